The Labute approximate surface area is 123 Å². The molecule has 0 bridgehead atoms. The summed E-state index contributed by atoms with van der Waals surface area (Å²) in [6.45, 7) is 1.15. The Morgan fingerprint density at radius 3 is 3.05 bits per heavy atom. The molecule has 0 radical (unpaired) electrons. The minimum Gasteiger partial charge on any atom is -0.399 e. The van der Waals surface area contributed by atoms with E-state index in [0.717, 1.165) is 23.4 Å². The SMILES string of the molecule is CCC(C)SP(N)(=O)OC(=S)NCc1cccnc1. The third-order valence-corrected chi connectivity index (χ3v) is 6.23. The predicted octanol–water partition coefficient (Wildman–Crippen LogP) is 3.07. The number of hydrogen-bond donors (Lipinski definition) is 2. The lowest BCUT2D eigenvalue weighted by Gasteiger charge is -2.17. The van der Waals surface area contributed by atoms with E-state index in [4.69, 9.17) is 22.2 Å². The van der Waals surface area contributed by atoms with Gasteiger partial charge in [-0.3, -0.25) is 4.98 Å². The molecule has 1 aromatic heterocycles. The molecular weight excluding hydrogens is 301 g/mol. The maximum atomic E-state index is 12.0. The normalized spacial score (nSPS) is 15.3. The maximum absolute atomic E-state index is 12.0. The van der Waals surface area contributed by atoms with Gasteiger partial charge in [0, 0.05) is 24.2 Å². The summed E-state index contributed by atoms with van der Waals surface area (Å²) < 4.78 is 17.1. The van der Waals surface area contributed by atoms with E-state index in [2.05, 4.69) is 10.3 Å². The van der Waals surface area contributed by atoms with Crippen molar-refractivity contribution < 1.29 is 9.09 Å². The maximum Gasteiger partial charge on any atom is 0.373 e. The van der Waals surface area contributed by atoms with Crippen LogP contribution >= 0.6 is 30.3 Å². The fraction of sp³-hybridized carbons (Fsp3) is 0.455. The van der Waals surface area contributed by atoms with Crippen LogP contribution in [0.4, 0.5) is 0 Å². The van der Waals surface area contributed by atoms with E-state index in [0.29, 0.717) is 6.54 Å². The topological polar surface area (TPSA) is 77.2 Å². The minimum absolute atomic E-state index is 0.0467. The smallest absolute Gasteiger partial charge is 0.373 e. The second-order valence-electron chi connectivity index (χ2n) is 3.96. The lowest BCUT2D eigenvalue weighted by Crippen LogP contribution is -2.23. The molecule has 1 rings (SSSR count). The Kier molecular flexibility index (Phi) is 6.79. The van der Waals surface area contributed by atoms with E-state index >= 15 is 0 Å². The highest BCUT2D eigenvalue weighted by molar-refractivity contribution is 8.56. The number of nitrogens with two attached hydrogens (primary N) is 1. The third-order valence-electron chi connectivity index (χ3n) is 2.27. The van der Waals surface area contributed by atoms with Crippen LogP contribution in [0.3, 0.4) is 0 Å². The number of nitrogens with zero attached hydrogens (tertiary/aromatic N) is 1. The van der Waals surface area contributed by atoms with Crippen LogP contribution in [0.2, 0.25) is 0 Å². The zero-order chi connectivity index (χ0) is 14.3. The lowest BCUT2D eigenvalue weighted by atomic mass is 10.3. The van der Waals surface area contributed by atoms with Gasteiger partial charge < -0.3 is 9.84 Å². The van der Waals surface area contributed by atoms with E-state index in [9.17, 15) is 4.57 Å². The first-order valence-electron chi connectivity index (χ1n) is 5.86. The summed E-state index contributed by atoms with van der Waals surface area (Å²) in [4.78, 5) is 3.98. The fourth-order valence-corrected chi connectivity index (χ4v) is 5.01. The second kappa shape index (κ2) is 7.85. The van der Waals surface area contributed by atoms with Gasteiger partial charge >= 0.3 is 6.72 Å². The molecule has 2 atom stereocenters. The molecule has 0 saturated heterocycles. The third kappa shape index (κ3) is 6.92. The molecule has 0 aliphatic carbocycles. The monoisotopic (exact) mass is 319 g/mol. The van der Waals surface area contributed by atoms with Crippen LogP contribution in [0, 0.1) is 0 Å². The van der Waals surface area contributed by atoms with Crippen LogP contribution in [0.1, 0.15) is 25.8 Å². The highest BCUT2D eigenvalue weighted by atomic mass is 32.7. The average Bonchev–Trinajstić information content (AvgIpc) is 2.36. The van der Waals surface area contributed by atoms with Crippen molar-refractivity contribution in [1.29, 1.82) is 0 Å². The second-order valence-corrected chi connectivity index (χ2v) is 8.77. The lowest BCUT2D eigenvalue weighted by molar-refractivity contribution is 0.489. The standard InChI is InChI=1S/C11H18N3O2PS2/c1-3-9(2)19-17(12,15)16-11(18)14-8-10-5-4-6-13-7-10/h4-7,9H,3,8H2,1-2H3,(H2,12,15)(H,14,18). The summed E-state index contributed by atoms with van der Waals surface area (Å²) in [5.74, 6) is 0. The fourth-order valence-electron chi connectivity index (χ4n) is 1.17. The zero-order valence-electron chi connectivity index (χ0n) is 10.9. The summed E-state index contributed by atoms with van der Waals surface area (Å²) in [5, 5.41) is 3.06. The molecule has 0 spiro atoms. The first-order valence-corrected chi connectivity index (χ1v) is 9.45. The van der Waals surface area contributed by atoms with Crippen molar-refractivity contribution in [3.05, 3.63) is 30.1 Å². The van der Waals surface area contributed by atoms with Gasteiger partial charge in [0.05, 0.1) is 0 Å². The first kappa shape index (κ1) is 16.4. The van der Waals surface area contributed by atoms with Gasteiger partial charge in [0.1, 0.15) is 0 Å². The molecule has 1 aromatic rings. The zero-order valence-corrected chi connectivity index (χ0v) is 13.4. The largest absolute Gasteiger partial charge is 0.399 e. The minimum atomic E-state index is -3.25. The molecule has 1 heterocycles. The Hall–Kier alpha value is -0.620. The molecule has 0 aliphatic heterocycles. The number of pyridine rings is 1. The molecule has 0 fully saturated rings. The molecule has 8 heteroatoms. The van der Waals surface area contributed by atoms with Gasteiger partial charge in [0.15, 0.2) is 0 Å². The van der Waals surface area contributed by atoms with E-state index in [1.165, 1.54) is 0 Å². The van der Waals surface area contributed by atoms with Crippen LogP contribution < -0.4 is 10.8 Å². The summed E-state index contributed by atoms with van der Waals surface area (Å²) in [7, 11) is 0. The molecular formula is C11H18N3O2PS2. The summed E-state index contributed by atoms with van der Waals surface area (Å²) in [6.07, 6.45) is 4.27. The van der Waals surface area contributed by atoms with Gasteiger partial charge in [0.25, 0.3) is 5.17 Å². The van der Waals surface area contributed by atoms with Crippen LogP contribution in [0.5, 0.6) is 0 Å². The Morgan fingerprint density at radius 2 is 2.47 bits per heavy atom. The number of aromatic nitrogens is 1. The van der Waals surface area contributed by atoms with Gasteiger partial charge in [-0.15, -0.1) is 0 Å². The Morgan fingerprint density at radius 1 is 1.74 bits per heavy atom. The average molecular weight is 319 g/mol. The van der Waals surface area contributed by atoms with Crippen LogP contribution in [-0.2, 0) is 15.6 Å². The van der Waals surface area contributed by atoms with Crippen LogP contribution in [0.15, 0.2) is 24.5 Å². The molecule has 5 nitrogen and oxygen atoms in total. The predicted molar refractivity (Wildman–Crippen MR) is 83.9 cm³/mol. The highest BCUT2D eigenvalue weighted by Gasteiger charge is 2.23. The van der Waals surface area contributed by atoms with E-state index in [1.54, 1.807) is 12.4 Å². The molecule has 3 N–H and O–H groups in total. The summed E-state index contributed by atoms with van der Waals surface area (Å²) in [5.41, 5.74) is 6.57. The van der Waals surface area contributed by atoms with Gasteiger partial charge in [0.2, 0.25) is 0 Å². The quantitative estimate of drug-likeness (QED) is 0.616. The summed E-state index contributed by atoms with van der Waals surface area (Å²) >= 11 is 6.09. The van der Waals surface area contributed by atoms with Crippen LogP contribution in [-0.4, -0.2) is 15.4 Å². The molecule has 2 unspecified atom stereocenters. The van der Waals surface area contributed by atoms with Gasteiger partial charge in [-0.05, 0) is 41.7 Å². The molecule has 0 saturated carbocycles. The van der Waals surface area contributed by atoms with Crippen molar-refractivity contribution >= 4 is 35.5 Å². The Balaban J connectivity index is 2.40. The molecule has 106 valence electrons. The van der Waals surface area contributed by atoms with E-state index in [1.807, 2.05) is 26.0 Å². The molecule has 0 amide bonds. The number of nitrogens with one attached hydrogen (secondary N) is 1. The van der Waals surface area contributed by atoms with Crippen molar-refractivity contribution in [3.8, 4) is 0 Å². The van der Waals surface area contributed by atoms with Gasteiger partial charge in [-0.1, -0.05) is 19.9 Å². The van der Waals surface area contributed by atoms with Gasteiger partial charge in [-0.25, -0.2) is 10.1 Å². The molecule has 19 heavy (non-hydrogen) atoms. The van der Waals surface area contributed by atoms with Crippen molar-refractivity contribution in [2.24, 2.45) is 5.50 Å². The van der Waals surface area contributed by atoms with Crippen molar-refractivity contribution in [1.82, 2.24) is 10.3 Å². The number of thiocarbonyl (C=S) groups is 1. The Bertz CT molecular complexity index is 459. The van der Waals surface area contributed by atoms with E-state index in [-0.39, 0.29) is 10.4 Å². The molecule has 0 aromatic carbocycles. The summed E-state index contributed by atoms with van der Waals surface area (Å²) in [6, 6.07) is 3.73. The van der Waals surface area contributed by atoms with Crippen molar-refractivity contribution in [2.45, 2.75) is 32.1 Å². The number of hydrogen-bond acceptors (Lipinski definition) is 5. The first-order chi connectivity index (χ1) is 8.93. The van der Waals surface area contributed by atoms with Crippen molar-refractivity contribution in [3.63, 3.8) is 0 Å². The highest BCUT2D eigenvalue weighted by Crippen LogP contribution is 2.54. The van der Waals surface area contributed by atoms with E-state index < -0.39 is 6.72 Å². The number of rotatable bonds is 6. The van der Waals surface area contributed by atoms with Crippen molar-refractivity contribution in [2.75, 3.05) is 0 Å². The molecule has 0 aliphatic rings. The van der Waals surface area contributed by atoms with Gasteiger partial charge in [-0.2, -0.15) is 0 Å². The van der Waals surface area contributed by atoms with Crippen LogP contribution in [0.25, 0.3) is 0 Å².